The molecule has 1 aliphatic heterocycles. The molecule has 2 rings (SSSR count). The first-order valence-electron chi connectivity index (χ1n) is 19.6. The molecular formula is C41H71N5O7. The molecule has 1 saturated heterocycles. The van der Waals surface area contributed by atoms with Crippen molar-refractivity contribution in [1.82, 2.24) is 25.8 Å². The average molecular weight is 746 g/mol. The second-order valence-electron chi connectivity index (χ2n) is 16.0. The SMILES string of the molecule is CCC(C)C(C(CC(=O)N1CCCC1C(OC)C(C)C(=O)NC(C)C(O)c1ccccc1)OC)N(C)C(=O)C(NC(=O)C(NC(C)C)C(C)C)C(C)C. The van der Waals surface area contributed by atoms with Crippen LogP contribution in [0, 0.1) is 23.7 Å². The van der Waals surface area contributed by atoms with Gasteiger partial charge in [-0.2, -0.15) is 0 Å². The Hall–Kier alpha value is -3.06. The van der Waals surface area contributed by atoms with Crippen LogP contribution in [-0.2, 0) is 28.7 Å². The van der Waals surface area contributed by atoms with Crippen molar-refractivity contribution in [1.29, 1.82) is 0 Å². The van der Waals surface area contributed by atoms with E-state index in [2.05, 4.69) is 16.0 Å². The minimum Gasteiger partial charge on any atom is -0.386 e. The minimum atomic E-state index is -0.877. The van der Waals surface area contributed by atoms with Crippen molar-refractivity contribution in [3.05, 3.63) is 35.9 Å². The highest BCUT2D eigenvalue weighted by Crippen LogP contribution is 2.30. The molecule has 0 spiro atoms. The summed E-state index contributed by atoms with van der Waals surface area (Å²) in [5.74, 6) is -1.63. The molecule has 12 nitrogen and oxygen atoms in total. The Labute approximate surface area is 319 Å². The molecule has 10 atom stereocenters. The summed E-state index contributed by atoms with van der Waals surface area (Å²) in [6.45, 7) is 19.9. The van der Waals surface area contributed by atoms with Crippen LogP contribution in [0.15, 0.2) is 30.3 Å². The number of carbonyl (C=O) groups excluding carboxylic acids is 4. The number of carbonyl (C=O) groups is 4. The molecule has 53 heavy (non-hydrogen) atoms. The molecule has 0 radical (unpaired) electrons. The molecule has 0 saturated carbocycles. The molecule has 302 valence electrons. The summed E-state index contributed by atoms with van der Waals surface area (Å²) in [7, 11) is 4.86. The largest absolute Gasteiger partial charge is 0.386 e. The number of nitrogens with one attached hydrogen (secondary N) is 3. The fourth-order valence-corrected chi connectivity index (χ4v) is 7.59. The van der Waals surface area contributed by atoms with E-state index in [4.69, 9.17) is 9.47 Å². The van der Waals surface area contributed by atoms with Crippen molar-refractivity contribution in [3.63, 3.8) is 0 Å². The number of nitrogens with zero attached hydrogens (tertiary/aromatic N) is 2. The third-order valence-corrected chi connectivity index (χ3v) is 10.9. The van der Waals surface area contributed by atoms with Crippen LogP contribution in [0.25, 0.3) is 0 Å². The highest BCUT2D eigenvalue weighted by molar-refractivity contribution is 5.90. The van der Waals surface area contributed by atoms with Crippen LogP contribution in [0.3, 0.4) is 0 Å². The van der Waals surface area contributed by atoms with Gasteiger partial charge in [0.25, 0.3) is 0 Å². The van der Waals surface area contributed by atoms with Gasteiger partial charge in [0.05, 0.1) is 54.8 Å². The molecule has 10 unspecified atom stereocenters. The summed E-state index contributed by atoms with van der Waals surface area (Å²) >= 11 is 0. The topological polar surface area (TPSA) is 150 Å². The fourth-order valence-electron chi connectivity index (χ4n) is 7.59. The van der Waals surface area contributed by atoms with Gasteiger partial charge in [-0.25, -0.2) is 0 Å². The molecular weight excluding hydrogens is 674 g/mol. The van der Waals surface area contributed by atoms with Gasteiger partial charge in [-0.3, -0.25) is 19.2 Å². The molecule has 1 fully saturated rings. The van der Waals surface area contributed by atoms with Crippen molar-refractivity contribution in [2.75, 3.05) is 27.8 Å². The van der Waals surface area contributed by atoms with Gasteiger partial charge in [-0.15, -0.1) is 0 Å². The Morgan fingerprint density at radius 1 is 0.887 bits per heavy atom. The second-order valence-corrected chi connectivity index (χ2v) is 16.0. The highest BCUT2D eigenvalue weighted by atomic mass is 16.5. The Morgan fingerprint density at radius 2 is 1.49 bits per heavy atom. The van der Waals surface area contributed by atoms with Crippen molar-refractivity contribution >= 4 is 23.6 Å². The minimum absolute atomic E-state index is 0.0192. The zero-order valence-electron chi connectivity index (χ0n) is 34.7. The van der Waals surface area contributed by atoms with E-state index in [-0.39, 0.29) is 59.9 Å². The molecule has 1 aromatic rings. The second kappa shape index (κ2) is 21.7. The maximum Gasteiger partial charge on any atom is 0.245 e. The number of aliphatic hydroxyl groups excluding tert-OH is 1. The Kier molecular flexibility index (Phi) is 18.9. The number of likely N-dealkylation sites (tertiary alicyclic amines) is 1. The average Bonchev–Trinajstić information content (AvgIpc) is 3.61. The Bertz CT molecular complexity index is 1290. The van der Waals surface area contributed by atoms with E-state index in [1.807, 2.05) is 85.7 Å². The number of hydrogen-bond donors (Lipinski definition) is 4. The van der Waals surface area contributed by atoms with E-state index in [1.54, 1.807) is 44.9 Å². The van der Waals surface area contributed by atoms with Gasteiger partial charge >= 0.3 is 0 Å². The summed E-state index contributed by atoms with van der Waals surface area (Å²) in [5.41, 5.74) is 0.711. The van der Waals surface area contributed by atoms with Gasteiger partial charge in [0.1, 0.15) is 6.04 Å². The van der Waals surface area contributed by atoms with Gasteiger partial charge in [-0.1, -0.05) is 99.1 Å². The first kappa shape index (κ1) is 46.1. The predicted molar refractivity (Wildman–Crippen MR) is 209 cm³/mol. The van der Waals surface area contributed by atoms with Crippen molar-refractivity contribution in [2.24, 2.45) is 23.7 Å². The number of likely N-dealkylation sites (N-methyl/N-ethyl adjacent to an activating group) is 1. The highest BCUT2D eigenvalue weighted by Gasteiger charge is 2.43. The molecule has 1 heterocycles. The number of rotatable bonds is 21. The fraction of sp³-hybridized carbons (Fsp3) is 0.756. The van der Waals surface area contributed by atoms with Crippen LogP contribution in [0.4, 0.5) is 0 Å². The standard InChI is InChI=1S/C41H71N5O7/c1-14-27(8)36(45(11)41(51)35(25(4)5)44-40(50)34(24(2)3)42-26(6)7)32(52-12)23-33(47)46-22-18-21-31(46)38(53-13)28(9)39(49)43-29(10)37(48)30-19-16-15-17-20-30/h15-17,19-20,24-29,31-32,34-38,42,48H,14,18,21-23H2,1-13H3,(H,43,49)(H,44,50). The van der Waals surface area contributed by atoms with Crippen LogP contribution in [0.1, 0.15) is 107 Å². The Morgan fingerprint density at radius 3 is 2.00 bits per heavy atom. The summed E-state index contributed by atoms with van der Waals surface area (Å²) in [6, 6.07) is 6.74. The lowest BCUT2D eigenvalue weighted by Crippen LogP contribution is -2.60. The summed E-state index contributed by atoms with van der Waals surface area (Å²) in [5, 5.41) is 20.1. The van der Waals surface area contributed by atoms with E-state index in [1.165, 1.54) is 0 Å². The van der Waals surface area contributed by atoms with Gasteiger partial charge in [0.15, 0.2) is 0 Å². The van der Waals surface area contributed by atoms with Crippen LogP contribution in [0.2, 0.25) is 0 Å². The lowest BCUT2D eigenvalue weighted by Gasteiger charge is -2.41. The van der Waals surface area contributed by atoms with Gasteiger partial charge in [-0.05, 0) is 43.1 Å². The molecule has 1 aromatic carbocycles. The molecule has 4 N–H and O–H groups in total. The van der Waals surface area contributed by atoms with Crippen LogP contribution in [0.5, 0.6) is 0 Å². The number of amides is 4. The quantitative estimate of drug-likeness (QED) is 0.146. The molecule has 12 heteroatoms. The molecule has 0 aromatic heterocycles. The molecule has 0 bridgehead atoms. The zero-order valence-corrected chi connectivity index (χ0v) is 34.7. The maximum atomic E-state index is 14.2. The summed E-state index contributed by atoms with van der Waals surface area (Å²) in [4.78, 5) is 58.8. The number of methoxy groups -OCH3 is 2. The normalized spacial score (nSPS) is 19.9. The number of benzene rings is 1. The van der Waals surface area contributed by atoms with E-state index < -0.39 is 48.4 Å². The lowest BCUT2D eigenvalue weighted by atomic mass is 9.89. The van der Waals surface area contributed by atoms with Crippen molar-refractivity contribution in [3.8, 4) is 0 Å². The van der Waals surface area contributed by atoms with Crippen molar-refractivity contribution in [2.45, 2.75) is 149 Å². The number of aliphatic hydroxyl groups is 1. The van der Waals surface area contributed by atoms with E-state index in [0.29, 0.717) is 18.5 Å². The van der Waals surface area contributed by atoms with Gasteiger partial charge in [0, 0.05) is 33.9 Å². The first-order chi connectivity index (χ1) is 24.9. The third-order valence-electron chi connectivity index (χ3n) is 10.9. The van der Waals surface area contributed by atoms with Crippen LogP contribution < -0.4 is 16.0 Å². The maximum absolute atomic E-state index is 14.2. The van der Waals surface area contributed by atoms with E-state index in [9.17, 15) is 24.3 Å². The van der Waals surface area contributed by atoms with Crippen molar-refractivity contribution < 1.29 is 33.8 Å². The van der Waals surface area contributed by atoms with Crippen LogP contribution in [-0.4, -0.2) is 115 Å². The third kappa shape index (κ3) is 12.5. The number of hydrogen-bond acceptors (Lipinski definition) is 8. The summed E-state index contributed by atoms with van der Waals surface area (Å²) < 4.78 is 11.9. The van der Waals surface area contributed by atoms with Crippen LogP contribution >= 0.6 is 0 Å². The van der Waals surface area contributed by atoms with E-state index >= 15 is 0 Å². The smallest absolute Gasteiger partial charge is 0.245 e. The number of ether oxygens (including phenoxy) is 2. The Balaban J connectivity index is 2.25. The predicted octanol–water partition coefficient (Wildman–Crippen LogP) is 4.31. The van der Waals surface area contributed by atoms with E-state index in [0.717, 1.165) is 12.8 Å². The lowest BCUT2D eigenvalue weighted by molar-refractivity contribution is -0.148. The molecule has 4 amide bonds. The van der Waals surface area contributed by atoms with Gasteiger partial charge in [0.2, 0.25) is 23.6 Å². The molecule has 0 aliphatic carbocycles. The zero-order chi connectivity index (χ0) is 40.2. The monoisotopic (exact) mass is 746 g/mol. The molecule has 1 aliphatic rings. The van der Waals surface area contributed by atoms with Gasteiger partial charge < -0.3 is 40.3 Å². The first-order valence-corrected chi connectivity index (χ1v) is 19.6. The summed E-state index contributed by atoms with van der Waals surface area (Å²) in [6.07, 6.45) is 0.134.